The maximum atomic E-state index is 13.4. The standard InChI is InChI=1S/C25H29ClFN5O3/c1-25(35,22-10-7-18(26)14-21(22)17-5-8-19(27)9-6-17)16-32(29)20(15-28)4-2-3-12-31-13-11-23(33)30-24(31)34/h5-11,13-15,35H,2-4,12,16,28-29H2,1H3,(H,30,33,34)/b20-15-/t25-/m1/s1. The van der Waals surface area contributed by atoms with E-state index in [0.29, 0.717) is 53.2 Å². The van der Waals surface area contributed by atoms with Crippen LogP contribution in [0.1, 0.15) is 31.7 Å². The van der Waals surface area contributed by atoms with Crippen molar-refractivity contribution in [1.29, 1.82) is 0 Å². The lowest BCUT2D eigenvalue weighted by molar-refractivity contribution is 0.0248. The van der Waals surface area contributed by atoms with Crippen molar-refractivity contribution in [2.24, 2.45) is 11.6 Å². The minimum Gasteiger partial charge on any atom is -0.403 e. The molecule has 8 nitrogen and oxygen atoms in total. The van der Waals surface area contributed by atoms with Crippen molar-refractivity contribution in [2.75, 3.05) is 6.54 Å². The quantitative estimate of drug-likeness (QED) is 0.192. The smallest absolute Gasteiger partial charge is 0.328 e. The lowest BCUT2D eigenvalue weighted by Crippen LogP contribution is -2.43. The van der Waals surface area contributed by atoms with Crippen LogP contribution in [0, 0.1) is 5.82 Å². The van der Waals surface area contributed by atoms with Crippen LogP contribution in [0.25, 0.3) is 11.1 Å². The molecule has 35 heavy (non-hydrogen) atoms. The van der Waals surface area contributed by atoms with Gasteiger partial charge in [-0.1, -0.05) is 29.8 Å². The summed E-state index contributed by atoms with van der Waals surface area (Å²) >= 11 is 6.20. The van der Waals surface area contributed by atoms with Gasteiger partial charge in [0.2, 0.25) is 0 Å². The average Bonchev–Trinajstić information content (AvgIpc) is 2.80. The minimum absolute atomic E-state index is 0.0330. The second-order valence-corrected chi connectivity index (χ2v) is 8.95. The van der Waals surface area contributed by atoms with Gasteiger partial charge in [0.1, 0.15) is 11.4 Å². The molecule has 1 atom stereocenters. The highest BCUT2D eigenvalue weighted by atomic mass is 35.5. The molecule has 6 N–H and O–H groups in total. The van der Waals surface area contributed by atoms with E-state index in [1.165, 1.54) is 40.2 Å². The molecule has 0 saturated heterocycles. The average molecular weight is 502 g/mol. The molecular weight excluding hydrogens is 473 g/mol. The summed E-state index contributed by atoms with van der Waals surface area (Å²) in [5.41, 5.74) is 6.11. The maximum Gasteiger partial charge on any atom is 0.328 e. The summed E-state index contributed by atoms with van der Waals surface area (Å²) in [6.45, 7) is 2.10. The van der Waals surface area contributed by atoms with Crippen molar-refractivity contribution in [2.45, 2.75) is 38.3 Å². The number of unbranched alkanes of at least 4 members (excludes halogenated alkanes) is 1. The number of nitrogens with zero attached hydrogens (tertiary/aromatic N) is 2. The molecule has 0 amide bonds. The fourth-order valence-corrected chi connectivity index (χ4v) is 4.08. The Morgan fingerprint density at radius 3 is 2.57 bits per heavy atom. The first-order valence-electron chi connectivity index (χ1n) is 11.1. The highest BCUT2D eigenvalue weighted by Crippen LogP contribution is 2.35. The number of aromatic amines is 1. The number of aromatic nitrogens is 2. The predicted molar refractivity (Wildman–Crippen MR) is 135 cm³/mol. The third-order valence-electron chi connectivity index (χ3n) is 5.74. The van der Waals surface area contributed by atoms with E-state index in [1.54, 1.807) is 37.3 Å². The van der Waals surface area contributed by atoms with Gasteiger partial charge in [-0.05, 0) is 67.1 Å². The molecule has 0 aliphatic heterocycles. The zero-order valence-corrected chi connectivity index (χ0v) is 20.1. The Balaban J connectivity index is 1.68. The van der Waals surface area contributed by atoms with E-state index >= 15 is 0 Å². The third kappa shape index (κ3) is 6.82. The molecule has 1 aromatic heterocycles. The number of nitrogens with one attached hydrogen (secondary N) is 1. The number of halogens is 2. The van der Waals surface area contributed by atoms with E-state index in [0.717, 1.165) is 0 Å². The van der Waals surface area contributed by atoms with Crippen LogP contribution in [0.2, 0.25) is 5.02 Å². The third-order valence-corrected chi connectivity index (χ3v) is 5.97. The number of hydrogen-bond donors (Lipinski definition) is 4. The second kappa shape index (κ2) is 11.4. The number of nitrogens with two attached hydrogens (primary N) is 2. The maximum absolute atomic E-state index is 13.4. The number of hydrogen-bond acceptors (Lipinski definition) is 6. The van der Waals surface area contributed by atoms with E-state index < -0.39 is 16.9 Å². The summed E-state index contributed by atoms with van der Waals surface area (Å²) < 4.78 is 14.9. The van der Waals surface area contributed by atoms with Crippen LogP contribution in [0.15, 0.2) is 76.2 Å². The van der Waals surface area contributed by atoms with Gasteiger partial charge in [-0.2, -0.15) is 0 Å². The molecule has 0 aliphatic rings. The van der Waals surface area contributed by atoms with E-state index in [2.05, 4.69) is 4.98 Å². The van der Waals surface area contributed by atoms with Gasteiger partial charge < -0.3 is 20.4 Å². The Morgan fingerprint density at radius 2 is 1.91 bits per heavy atom. The zero-order valence-electron chi connectivity index (χ0n) is 19.4. The van der Waals surface area contributed by atoms with Crippen LogP contribution in [-0.2, 0) is 12.1 Å². The minimum atomic E-state index is -1.39. The van der Waals surface area contributed by atoms with Crippen molar-refractivity contribution in [3.8, 4) is 11.1 Å². The van der Waals surface area contributed by atoms with Crippen LogP contribution in [0.3, 0.4) is 0 Å². The molecule has 186 valence electrons. The van der Waals surface area contributed by atoms with Crippen molar-refractivity contribution >= 4 is 11.6 Å². The fraction of sp³-hybridized carbons (Fsp3) is 0.280. The topological polar surface area (TPSA) is 130 Å². The Hall–Kier alpha value is -3.40. The molecule has 0 fully saturated rings. The van der Waals surface area contributed by atoms with Gasteiger partial charge in [0.15, 0.2) is 0 Å². The second-order valence-electron chi connectivity index (χ2n) is 8.52. The molecule has 0 aliphatic carbocycles. The largest absolute Gasteiger partial charge is 0.403 e. The first-order chi connectivity index (χ1) is 16.6. The first kappa shape index (κ1) is 26.2. The Kier molecular flexibility index (Phi) is 8.50. The normalized spacial score (nSPS) is 13.5. The van der Waals surface area contributed by atoms with Crippen molar-refractivity contribution in [3.05, 3.63) is 104 Å². The van der Waals surface area contributed by atoms with Gasteiger partial charge in [0.25, 0.3) is 5.56 Å². The molecule has 10 heteroatoms. The summed E-state index contributed by atoms with van der Waals surface area (Å²) in [6.07, 6.45) is 4.70. The molecule has 0 unspecified atom stereocenters. The van der Waals surface area contributed by atoms with Gasteiger partial charge in [0.05, 0.1) is 6.54 Å². The molecule has 3 rings (SSSR count). The highest BCUT2D eigenvalue weighted by Gasteiger charge is 2.29. The van der Waals surface area contributed by atoms with Crippen LogP contribution in [0.4, 0.5) is 4.39 Å². The lowest BCUT2D eigenvalue weighted by Gasteiger charge is -2.33. The highest BCUT2D eigenvalue weighted by molar-refractivity contribution is 6.30. The van der Waals surface area contributed by atoms with E-state index in [1.807, 2.05) is 0 Å². The summed E-state index contributed by atoms with van der Waals surface area (Å²) in [5.74, 6) is 5.92. The Bertz CT molecular complexity index is 1300. The number of allylic oxidation sites excluding steroid dienone is 1. The molecule has 0 bridgehead atoms. The molecule has 0 spiro atoms. The number of benzene rings is 2. The summed E-state index contributed by atoms with van der Waals surface area (Å²) in [4.78, 5) is 25.2. The van der Waals surface area contributed by atoms with Crippen LogP contribution >= 0.6 is 11.6 Å². The number of hydrazine groups is 1. The molecule has 2 aromatic carbocycles. The van der Waals surface area contributed by atoms with E-state index in [9.17, 15) is 19.1 Å². The van der Waals surface area contributed by atoms with Crippen molar-refractivity contribution in [1.82, 2.24) is 14.6 Å². The van der Waals surface area contributed by atoms with Gasteiger partial charge in [-0.3, -0.25) is 9.78 Å². The summed E-state index contributed by atoms with van der Waals surface area (Å²) in [7, 11) is 0. The zero-order chi connectivity index (χ0) is 25.6. The van der Waals surface area contributed by atoms with Crippen LogP contribution < -0.4 is 22.8 Å². The number of aryl methyl sites for hydroxylation is 1. The van der Waals surface area contributed by atoms with E-state index in [4.69, 9.17) is 23.2 Å². The summed E-state index contributed by atoms with van der Waals surface area (Å²) in [6, 6.07) is 12.4. The number of aliphatic hydroxyl groups is 1. The number of rotatable bonds is 10. The van der Waals surface area contributed by atoms with Crippen LogP contribution in [0.5, 0.6) is 0 Å². The van der Waals surface area contributed by atoms with Crippen LogP contribution in [-0.4, -0.2) is 26.2 Å². The van der Waals surface area contributed by atoms with Gasteiger partial charge in [0, 0.05) is 35.7 Å². The molecule has 0 saturated carbocycles. The number of H-pyrrole nitrogens is 1. The molecule has 3 aromatic rings. The monoisotopic (exact) mass is 501 g/mol. The predicted octanol–water partition coefficient (Wildman–Crippen LogP) is 3.05. The fourth-order valence-electron chi connectivity index (χ4n) is 3.90. The SMILES string of the molecule is C[C@@](O)(CN(N)/C(=C\N)CCCCn1ccc(=O)[nH]c1=O)c1ccc(Cl)cc1-c1ccc(F)cc1. The molecular formula is C25H29ClFN5O3. The van der Waals surface area contributed by atoms with Gasteiger partial charge >= 0.3 is 5.69 Å². The lowest BCUT2D eigenvalue weighted by atomic mass is 9.88. The van der Waals surface area contributed by atoms with Crippen molar-refractivity contribution < 1.29 is 9.50 Å². The molecule has 1 heterocycles. The summed E-state index contributed by atoms with van der Waals surface area (Å²) in [5, 5.41) is 13.3. The Morgan fingerprint density at radius 1 is 1.20 bits per heavy atom. The van der Waals surface area contributed by atoms with Gasteiger partial charge in [-0.15, -0.1) is 0 Å². The van der Waals surface area contributed by atoms with E-state index in [-0.39, 0.29) is 12.4 Å². The Labute approximate surface area is 207 Å². The molecule has 0 radical (unpaired) electrons. The van der Waals surface area contributed by atoms with Crippen molar-refractivity contribution in [3.63, 3.8) is 0 Å². The van der Waals surface area contributed by atoms with Gasteiger partial charge in [-0.25, -0.2) is 15.0 Å². The first-order valence-corrected chi connectivity index (χ1v) is 11.5.